The van der Waals surface area contributed by atoms with Crippen LogP contribution in [-0.2, 0) is 16.1 Å². The normalized spacial score (nSPS) is 17.0. The Kier molecular flexibility index (Phi) is 5.76. The van der Waals surface area contributed by atoms with Crippen molar-refractivity contribution < 1.29 is 9.59 Å². The van der Waals surface area contributed by atoms with Gasteiger partial charge in [0.1, 0.15) is 0 Å². The average molecular weight is 419 g/mol. The van der Waals surface area contributed by atoms with E-state index in [1.165, 1.54) is 0 Å². The van der Waals surface area contributed by atoms with E-state index in [4.69, 9.17) is 0 Å². The molecule has 2 amide bonds. The number of hydrogen-bond acceptors (Lipinski definition) is 3. The van der Waals surface area contributed by atoms with Crippen LogP contribution in [0.2, 0.25) is 0 Å². The van der Waals surface area contributed by atoms with Crippen LogP contribution >= 0.6 is 15.9 Å². The fourth-order valence-electron chi connectivity index (χ4n) is 3.24. The first-order chi connectivity index (χ1) is 12.4. The molecule has 0 bridgehead atoms. The van der Waals surface area contributed by atoms with E-state index in [1.807, 2.05) is 48.9 Å². The Bertz CT molecular complexity index is 800. The van der Waals surface area contributed by atoms with Crippen LogP contribution in [0.3, 0.4) is 0 Å². The van der Waals surface area contributed by atoms with E-state index in [9.17, 15) is 9.59 Å². The van der Waals surface area contributed by atoms with Crippen molar-refractivity contribution >= 4 is 33.4 Å². The molecule has 1 aliphatic rings. The van der Waals surface area contributed by atoms with Gasteiger partial charge < -0.3 is 10.2 Å². The second kappa shape index (κ2) is 8.03. The van der Waals surface area contributed by atoms with Gasteiger partial charge in [-0.05, 0) is 50.6 Å². The summed E-state index contributed by atoms with van der Waals surface area (Å²) < 4.78 is 2.92. The van der Waals surface area contributed by atoms with E-state index in [2.05, 4.69) is 26.3 Å². The molecule has 1 atom stereocenters. The third-order valence-corrected chi connectivity index (χ3v) is 5.11. The van der Waals surface area contributed by atoms with Crippen LogP contribution in [0.25, 0.3) is 0 Å². The second-order valence-electron chi connectivity index (χ2n) is 6.68. The highest BCUT2D eigenvalue weighted by atomic mass is 79.9. The Morgan fingerprint density at radius 1 is 1.31 bits per heavy atom. The van der Waals surface area contributed by atoms with Gasteiger partial charge in [0, 0.05) is 41.9 Å². The van der Waals surface area contributed by atoms with Crippen molar-refractivity contribution in [1.82, 2.24) is 15.1 Å². The van der Waals surface area contributed by atoms with Gasteiger partial charge in [-0.15, -0.1) is 0 Å². The van der Waals surface area contributed by atoms with Crippen LogP contribution in [0, 0.1) is 19.8 Å². The van der Waals surface area contributed by atoms with Gasteiger partial charge in [0.2, 0.25) is 11.8 Å². The van der Waals surface area contributed by atoms with E-state index >= 15 is 0 Å². The maximum atomic E-state index is 12.4. The number of nitrogens with one attached hydrogen (secondary N) is 1. The number of aromatic nitrogens is 2. The second-order valence-corrected chi connectivity index (χ2v) is 7.59. The zero-order chi connectivity index (χ0) is 18.7. The number of amides is 2. The number of halogens is 1. The van der Waals surface area contributed by atoms with Gasteiger partial charge in [0.25, 0.3) is 0 Å². The molecule has 1 N–H and O–H groups in total. The molecule has 1 aromatic heterocycles. The van der Waals surface area contributed by atoms with Crippen LogP contribution in [-0.4, -0.2) is 34.7 Å². The molecule has 2 heterocycles. The quantitative estimate of drug-likeness (QED) is 0.733. The molecule has 3 rings (SSSR count). The van der Waals surface area contributed by atoms with E-state index in [0.717, 1.165) is 34.5 Å². The molecule has 0 aliphatic carbocycles. The van der Waals surface area contributed by atoms with Crippen LogP contribution in [0.1, 0.15) is 24.2 Å². The van der Waals surface area contributed by atoms with Gasteiger partial charge in [-0.1, -0.05) is 15.9 Å². The van der Waals surface area contributed by atoms with Gasteiger partial charge in [-0.25, -0.2) is 0 Å². The molecule has 1 fully saturated rings. The predicted molar refractivity (Wildman–Crippen MR) is 104 cm³/mol. The van der Waals surface area contributed by atoms with E-state index in [0.29, 0.717) is 13.1 Å². The van der Waals surface area contributed by atoms with Gasteiger partial charge in [0.15, 0.2) is 0 Å². The highest BCUT2D eigenvalue weighted by molar-refractivity contribution is 9.10. The lowest BCUT2D eigenvalue weighted by Crippen LogP contribution is -2.33. The summed E-state index contributed by atoms with van der Waals surface area (Å²) in [7, 11) is 0. The predicted octanol–water partition coefficient (Wildman–Crippen LogP) is 2.82. The minimum absolute atomic E-state index is 0.00452. The monoisotopic (exact) mass is 418 g/mol. The number of rotatable bonds is 6. The molecule has 1 aliphatic heterocycles. The van der Waals surface area contributed by atoms with E-state index in [-0.39, 0.29) is 24.2 Å². The summed E-state index contributed by atoms with van der Waals surface area (Å²) in [6.07, 6.45) is 1.07. The molecule has 1 saturated heterocycles. The molecule has 0 spiro atoms. The first-order valence-corrected chi connectivity index (χ1v) is 9.58. The highest BCUT2D eigenvalue weighted by Crippen LogP contribution is 2.26. The minimum atomic E-state index is -0.292. The summed E-state index contributed by atoms with van der Waals surface area (Å²) in [4.78, 5) is 26.3. The molecule has 2 aromatic rings. The Hall–Kier alpha value is -2.15. The zero-order valence-corrected chi connectivity index (χ0v) is 16.6. The van der Waals surface area contributed by atoms with E-state index in [1.54, 1.807) is 4.90 Å². The van der Waals surface area contributed by atoms with Crippen molar-refractivity contribution in [3.63, 3.8) is 0 Å². The van der Waals surface area contributed by atoms with Crippen molar-refractivity contribution in [3.05, 3.63) is 46.2 Å². The number of benzene rings is 1. The maximum absolute atomic E-state index is 12.4. The molecule has 1 unspecified atom stereocenters. The molecule has 26 heavy (non-hydrogen) atoms. The molecule has 0 saturated carbocycles. The number of anilines is 1. The SMILES string of the molecule is Cc1cc(C)n(CCCNC(=O)C2CC(=O)N(c3ccc(Br)cc3)C2)n1. The largest absolute Gasteiger partial charge is 0.356 e. The number of carbonyl (C=O) groups excluding carboxylic acids is 2. The van der Waals surface area contributed by atoms with Crippen molar-refractivity contribution in [1.29, 1.82) is 0 Å². The van der Waals surface area contributed by atoms with Gasteiger partial charge in [-0.3, -0.25) is 14.3 Å². The smallest absolute Gasteiger partial charge is 0.227 e. The van der Waals surface area contributed by atoms with Crippen LogP contribution in [0.5, 0.6) is 0 Å². The molecule has 6 nitrogen and oxygen atoms in total. The Balaban J connectivity index is 1.47. The van der Waals surface area contributed by atoms with Gasteiger partial charge in [0.05, 0.1) is 11.6 Å². The van der Waals surface area contributed by atoms with Crippen molar-refractivity contribution in [2.45, 2.75) is 33.2 Å². The van der Waals surface area contributed by atoms with Crippen molar-refractivity contribution in [2.75, 3.05) is 18.0 Å². The van der Waals surface area contributed by atoms with Gasteiger partial charge in [-0.2, -0.15) is 5.10 Å². The number of hydrogen-bond donors (Lipinski definition) is 1. The maximum Gasteiger partial charge on any atom is 0.227 e. The Morgan fingerprint density at radius 3 is 2.69 bits per heavy atom. The van der Waals surface area contributed by atoms with Crippen LogP contribution in [0.4, 0.5) is 5.69 Å². The summed E-state index contributed by atoms with van der Waals surface area (Å²) in [6, 6.07) is 9.61. The number of aryl methyl sites for hydroxylation is 3. The molecular weight excluding hydrogens is 396 g/mol. The third-order valence-electron chi connectivity index (χ3n) is 4.58. The standard InChI is InChI=1S/C19H23BrN4O2/c1-13-10-14(2)24(22-13)9-3-8-21-19(26)15-11-18(25)23(12-15)17-6-4-16(20)5-7-17/h4-7,10,15H,3,8-9,11-12H2,1-2H3,(H,21,26). The summed E-state index contributed by atoms with van der Waals surface area (Å²) in [5.41, 5.74) is 2.96. The molecule has 0 radical (unpaired) electrons. The first-order valence-electron chi connectivity index (χ1n) is 8.79. The fraction of sp³-hybridized carbons (Fsp3) is 0.421. The number of nitrogens with zero attached hydrogens (tertiary/aromatic N) is 3. The van der Waals surface area contributed by atoms with Crippen LogP contribution in [0.15, 0.2) is 34.8 Å². The van der Waals surface area contributed by atoms with Crippen LogP contribution < -0.4 is 10.2 Å². The summed E-state index contributed by atoms with van der Waals surface area (Å²) in [6.45, 7) is 5.79. The van der Waals surface area contributed by atoms with Crippen molar-refractivity contribution in [3.8, 4) is 0 Å². The summed E-state index contributed by atoms with van der Waals surface area (Å²) in [5.74, 6) is -0.346. The third kappa shape index (κ3) is 4.33. The summed E-state index contributed by atoms with van der Waals surface area (Å²) in [5, 5.41) is 7.37. The van der Waals surface area contributed by atoms with Gasteiger partial charge >= 0.3 is 0 Å². The van der Waals surface area contributed by atoms with E-state index < -0.39 is 0 Å². The molecule has 138 valence electrons. The molecular formula is C19H23BrN4O2. The molecule has 1 aromatic carbocycles. The zero-order valence-electron chi connectivity index (χ0n) is 15.0. The minimum Gasteiger partial charge on any atom is -0.356 e. The fourth-order valence-corrected chi connectivity index (χ4v) is 3.50. The number of carbonyl (C=O) groups is 2. The van der Waals surface area contributed by atoms with Crippen molar-refractivity contribution in [2.24, 2.45) is 5.92 Å². The summed E-state index contributed by atoms with van der Waals surface area (Å²) >= 11 is 3.39. The lowest BCUT2D eigenvalue weighted by atomic mass is 10.1. The Labute approximate surface area is 161 Å². The lowest BCUT2D eigenvalue weighted by molar-refractivity contribution is -0.126. The highest BCUT2D eigenvalue weighted by Gasteiger charge is 2.34. The lowest BCUT2D eigenvalue weighted by Gasteiger charge is -2.16. The first kappa shape index (κ1) is 18.6. The molecule has 7 heteroatoms. The Morgan fingerprint density at radius 2 is 2.04 bits per heavy atom. The topological polar surface area (TPSA) is 67.2 Å². The average Bonchev–Trinajstić information content (AvgIpc) is 3.14.